The smallest absolute Gasteiger partial charge is 0.364 e. The summed E-state index contributed by atoms with van der Waals surface area (Å²) in [5.74, 6) is -1.04. The summed E-state index contributed by atoms with van der Waals surface area (Å²) >= 11 is 0. The molecule has 1 aromatic heterocycles. The van der Waals surface area contributed by atoms with Crippen molar-refractivity contribution >= 4 is 22.6 Å². The van der Waals surface area contributed by atoms with Gasteiger partial charge in [-0.2, -0.15) is 0 Å². The number of rotatable bonds is 6. The van der Waals surface area contributed by atoms with Crippen LogP contribution in [-0.4, -0.2) is 62.6 Å². The highest BCUT2D eigenvalue weighted by Crippen LogP contribution is 2.36. The molecule has 2 heterocycles. The van der Waals surface area contributed by atoms with Gasteiger partial charge in [0.2, 0.25) is 6.29 Å². The number of phenolic OH excluding ortho intramolecular Hbond substituents is 1. The normalized spacial score (nSPS) is 21.2. The van der Waals surface area contributed by atoms with Crippen LogP contribution in [-0.2, 0) is 11.2 Å². The van der Waals surface area contributed by atoms with Gasteiger partial charge in [-0.1, -0.05) is 11.6 Å². The molecule has 0 radical (unpaired) electrons. The van der Waals surface area contributed by atoms with E-state index in [1.807, 2.05) is 19.9 Å². The Morgan fingerprint density at radius 1 is 1.13 bits per heavy atom. The quantitative estimate of drug-likeness (QED) is 0.205. The fourth-order valence-electron chi connectivity index (χ4n) is 4.00. The number of aromatic hydroxyl groups is 2. The largest absolute Gasteiger partial charge is 0.508 e. The predicted molar refractivity (Wildman–Crippen MR) is 136 cm³/mol. The number of nitrogens with one attached hydrogen (secondary N) is 1. The van der Waals surface area contributed by atoms with Crippen molar-refractivity contribution in [1.82, 2.24) is 0 Å². The maximum absolute atomic E-state index is 12.9. The summed E-state index contributed by atoms with van der Waals surface area (Å²) in [7, 11) is 0. The van der Waals surface area contributed by atoms with Gasteiger partial charge < -0.3 is 44.7 Å². The lowest BCUT2D eigenvalue weighted by molar-refractivity contribution is -0.242. The van der Waals surface area contributed by atoms with Crippen LogP contribution in [0.4, 0.5) is 5.69 Å². The summed E-state index contributed by atoms with van der Waals surface area (Å²) in [6.07, 6.45) is -3.26. The topological polar surface area (TPSA) is 179 Å². The number of anilines is 1. The number of phenols is 1. The number of hydrogen-bond acceptors (Lipinski definition) is 10. The van der Waals surface area contributed by atoms with E-state index in [-0.39, 0.29) is 40.2 Å². The number of aliphatic hydroxyl groups excluding tert-OH is 3. The molecule has 0 saturated carbocycles. The minimum atomic E-state index is -1.53. The van der Waals surface area contributed by atoms with Crippen molar-refractivity contribution in [1.29, 1.82) is 0 Å². The minimum Gasteiger partial charge on any atom is -0.508 e. The van der Waals surface area contributed by atoms with Gasteiger partial charge >= 0.3 is 5.63 Å². The van der Waals surface area contributed by atoms with E-state index in [4.69, 9.17) is 13.9 Å². The van der Waals surface area contributed by atoms with E-state index in [9.17, 15) is 35.1 Å². The molecule has 1 fully saturated rings. The fraction of sp³-hybridized carbons (Fsp3) is 0.333. The van der Waals surface area contributed by atoms with Gasteiger partial charge in [-0.15, -0.1) is 0 Å². The number of fused-ring (bicyclic) bond motifs is 1. The molecule has 38 heavy (non-hydrogen) atoms. The standard InChI is InChI=1S/C27H29NO10/c1-12(2)4-5-14-10-15(6-8-17(14)29)25(34)28-20-21(31)16-7-9-19(13(3)24(16)38-26(20)35)37-27-23(33)22(32)18(30)11-36-27/h4,6-10,18,22-23,27,29-33H,5,11H2,1-3H3,(H,28,34)/t18-,22+,23?,27+/m1/s1. The van der Waals surface area contributed by atoms with Crippen LogP contribution in [0, 0.1) is 6.92 Å². The first-order valence-corrected chi connectivity index (χ1v) is 11.9. The predicted octanol–water partition coefficient (Wildman–Crippen LogP) is 2.09. The lowest BCUT2D eigenvalue weighted by Crippen LogP contribution is -2.54. The summed E-state index contributed by atoms with van der Waals surface area (Å²) in [5.41, 5.74) is 0.509. The Labute approximate surface area is 217 Å². The van der Waals surface area contributed by atoms with Crippen molar-refractivity contribution in [3.63, 3.8) is 0 Å². The molecule has 1 unspecified atom stereocenters. The third-order valence-corrected chi connectivity index (χ3v) is 6.25. The van der Waals surface area contributed by atoms with Gasteiger partial charge in [0.1, 0.15) is 35.4 Å². The lowest BCUT2D eigenvalue weighted by Gasteiger charge is -2.35. The number of aliphatic hydroxyl groups is 3. The molecule has 202 valence electrons. The molecule has 1 aliphatic rings. The monoisotopic (exact) mass is 527 g/mol. The van der Waals surface area contributed by atoms with Gasteiger partial charge in [0.25, 0.3) is 5.91 Å². The van der Waals surface area contributed by atoms with Crippen LogP contribution in [0.2, 0.25) is 0 Å². The van der Waals surface area contributed by atoms with E-state index < -0.39 is 47.6 Å². The molecule has 0 spiro atoms. The second-order valence-corrected chi connectivity index (χ2v) is 9.33. The Kier molecular flexibility index (Phi) is 7.74. The molecule has 0 aliphatic carbocycles. The van der Waals surface area contributed by atoms with Gasteiger partial charge in [0.15, 0.2) is 11.4 Å². The Morgan fingerprint density at radius 3 is 2.58 bits per heavy atom. The Hall–Kier alpha value is -3.90. The zero-order valence-electron chi connectivity index (χ0n) is 21.0. The number of carbonyl (C=O) groups excluding carboxylic acids is 1. The van der Waals surface area contributed by atoms with Crippen LogP contribution in [0.25, 0.3) is 11.0 Å². The van der Waals surface area contributed by atoms with Crippen molar-refractivity contribution < 1.29 is 44.2 Å². The van der Waals surface area contributed by atoms with Gasteiger partial charge in [0, 0.05) is 11.1 Å². The van der Waals surface area contributed by atoms with Gasteiger partial charge in [0.05, 0.1) is 12.0 Å². The molecule has 6 N–H and O–H groups in total. The van der Waals surface area contributed by atoms with E-state index in [0.29, 0.717) is 12.0 Å². The number of benzene rings is 2. The number of aryl methyl sites for hydroxylation is 1. The van der Waals surface area contributed by atoms with Crippen molar-refractivity contribution in [2.45, 2.75) is 51.8 Å². The van der Waals surface area contributed by atoms with E-state index in [1.165, 1.54) is 30.3 Å². The van der Waals surface area contributed by atoms with E-state index in [0.717, 1.165) is 5.57 Å². The highest BCUT2D eigenvalue weighted by molar-refractivity contribution is 6.06. The number of allylic oxidation sites excluding steroid dienone is 2. The van der Waals surface area contributed by atoms with Crippen LogP contribution in [0.5, 0.6) is 17.2 Å². The average Bonchev–Trinajstić information content (AvgIpc) is 2.88. The second-order valence-electron chi connectivity index (χ2n) is 9.33. The molecule has 1 saturated heterocycles. The number of ether oxygens (including phenoxy) is 2. The van der Waals surface area contributed by atoms with Crippen molar-refractivity contribution in [3.05, 3.63) is 69.1 Å². The first-order chi connectivity index (χ1) is 18.0. The SMILES string of the molecule is CC(C)=CCc1cc(C(=O)Nc2c(O)c3ccc(O[C@@H]4OC[C@@H](O)[C@H](O)C4O)c(C)c3oc2=O)ccc1O. The lowest BCUT2D eigenvalue weighted by atomic mass is 10.0. The molecule has 1 aliphatic heterocycles. The second kappa shape index (κ2) is 10.8. The van der Waals surface area contributed by atoms with Crippen molar-refractivity contribution in [3.8, 4) is 17.2 Å². The van der Waals surface area contributed by atoms with E-state index >= 15 is 0 Å². The van der Waals surface area contributed by atoms with Crippen LogP contribution in [0.15, 0.2) is 51.2 Å². The van der Waals surface area contributed by atoms with Crippen LogP contribution >= 0.6 is 0 Å². The maximum Gasteiger partial charge on any atom is 0.364 e. The third-order valence-electron chi connectivity index (χ3n) is 6.25. The summed E-state index contributed by atoms with van der Waals surface area (Å²) < 4.78 is 16.3. The summed E-state index contributed by atoms with van der Waals surface area (Å²) in [4.78, 5) is 25.6. The van der Waals surface area contributed by atoms with Gasteiger partial charge in [-0.05, 0) is 63.1 Å². The molecule has 0 bridgehead atoms. The van der Waals surface area contributed by atoms with Crippen molar-refractivity contribution in [2.24, 2.45) is 0 Å². The van der Waals surface area contributed by atoms with Crippen molar-refractivity contribution in [2.75, 3.05) is 11.9 Å². The Balaban J connectivity index is 1.61. The molecule has 4 rings (SSSR count). The number of carbonyl (C=O) groups is 1. The van der Waals surface area contributed by atoms with Gasteiger partial charge in [-0.25, -0.2) is 4.79 Å². The van der Waals surface area contributed by atoms with Crippen LogP contribution in [0.1, 0.15) is 35.3 Å². The minimum absolute atomic E-state index is 0.0254. The van der Waals surface area contributed by atoms with Crippen LogP contribution < -0.4 is 15.7 Å². The zero-order chi connectivity index (χ0) is 27.7. The molecule has 3 aromatic rings. The number of hydrogen-bond donors (Lipinski definition) is 6. The molecule has 11 nitrogen and oxygen atoms in total. The summed E-state index contributed by atoms with van der Waals surface area (Å²) in [6, 6.07) is 7.09. The highest BCUT2D eigenvalue weighted by Gasteiger charge is 2.39. The fourth-order valence-corrected chi connectivity index (χ4v) is 4.00. The molecule has 1 amide bonds. The van der Waals surface area contributed by atoms with E-state index in [1.54, 1.807) is 6.92 Å². The highest BCUT2D eigenvalue weighted by atomic mass is 16.7. The third kappa shape index (κ3) is 5.36. The number of amides is 1. The van der Waals surface area contributed by atoms with Gasteiger partial charge in [-0.3, -0.25) is 4.79 Å². The Bertz CT molecular complexity index is 1460. The zero-order valence-corrected chi connectivity index (χ0v) is 21.0. The maximum atomic E-state index is 12.9. The molecule has 4 atom stereocenters. The molecular weight excluding hydrogens is 498 g/mol. The molecular formula is C27H29NO10. The Morgan fingerprint density at radius 2 is 1.87 bits per heavy atom. The first kappa shape index (κ1) is 27.1. The average molecular weight is 528 g/mol. The first-order valence-electron chi connectivity index (χ1n) is 11.9. The summed E-state index contributed by atoms with van der Waals surface area (Å²) in [6.45, 7) is 5.11. The summed E-state index contributed by atoms with van der Waals surface area (Å²) in [5, 5.41) is 53.0. The molecule has 2 aromatic carbocycles. The van der Waals surface area contributed by atoms with Crippen LogP contribution in [0.3, 0.4) is 0 Å². The molecule has 11 heteroatoms. The van der Waals surface area contributed by atoms with E-state index in [2.05, 4.69) is 5.32 Å².